The summed E-state index contributed by atoms with van der Waals surface area (Å²) >= 11 is 0. The van der Waals surface area contributed by atoms with Gasteiger partial charge in [0.1, 0.15) is 23.8 Å². The van der Waals surface area contributed by atoms with Crippen LogP contribution in [0.5, 0.6) is 5.75 Å². The number of imidazole rings is 1. The third-order valence-electron chi connectivity index (χ3n) is 5.91. The van der Waals surface area contributed by atoms with Crippen LogP contribution in [-0.4, -0.2) is 38.3 Å². The number of pyridine rings is 1. The number of hydrogen-bond acceptors (Lipinski definition) is 5. The Morgan fingerprint density at radius 2 is 2.00 bits per heavy atom. The van der Waals surface area contributed by atoms with Gasteiger partial charge in [-0.15, -0.1) is 0 Å². The number of rotatable bonds is 5. The second kappa shape index (κ2) is 8.57. The van der Waals surface area contributed by atoms with Crippen molar-refractivity contribution in [3.05, 3.63) is 53.9 Å². The van der Waals surface area contributed by atoms with E-state index in [-0.39, 0.29) is 47.9 Å². The van der Waals surface area contributed by atoms with Gasteiger partial charge in [0.05, 0.1) is 34.8 Å². The molecule has 3 atom stereocenters. The van der Waals surface area contributed by atoms with Crippen molar-refractivity contribution in [3.63, 3.8) is 0 Å². The molecular weight excluding hydrogens is 440 g/mol. The second-order valence-corrected chi connectivity index (χ2v) is 8.96. The van der Waals surface area contributed by atoms with Crippen LogP contribution in [-0.2, 0) is 11.8 Å². The van der Waals surface area contributed by atoms with Crippen LogP contribution < -0.4 is 10.1 Å². The molecule has 3 aromatic rings. The largest absolute Gasteiger partial charge is 0.492 e. The molecule has 0 radical (unpaired) electrons. The van der Waals surface area contributed by atoms with Crippen LogP contribution >= 0.6 is 0 Å². The zero-order valence-corrected chi connectivity index (χ0v) is 18.5. The first kappa shape index (κ1) is 23.4. The first-order chi connectivity index (χ1) is 15.5. The number of ether oxygens (including phenoxy) is 1. The van der Waals surface area contributed by atoms with Crippen molar-refractivity contribution in [2.45, 2.75) is 63.5 Å². The van der Waals surface area contributed by atoms with E-state index in [1.165, 1.54) is 29.1 Å². The molecule has 1 aromatic carbocycles. The number of benzene rings is 1. The van der Waals surface area contributed by atoms with Crippen molar-refractivity contribution >= 4 is 11.0 Å². The van der Waals surface area contributed by atoms with Crippen LogP contribution in [0.15, 0.2) is 36.8 Å². The summed E-state index contributed by atoms with van der Waals surface area (Å²) in [4.78, 5) is 8.16. The Morgan fingerprint density at radius 3 is 2.64 bits per heavy atom. The average molecular weight is 466 g/mol. The predicted molar refractivity (Wildman–Crippen MR) is 114 cm³/mol. The molecule has 1 aliphatic rings. The summed E-state index contributed by atoms with van der Waals surface area (Å²) in [5.41, 5.74) is -1.54. The number of fused-ring (bicyclic) bond motifs is 1. The van der Waals surface area contributed by atoms with Crippen molar-refractivity contribution < 1.29 is 27.4 Å². The van der Waals surface area contributed by atoms with Crippen molar-refractivity contribution in [1.29, 1.82) is 0 Å². The Bertz CT molecular complexity index is 1130. The van der Waals surface area contributed by atoms with Crippen LogP contribution in [0, 0.1) is 5.82 Å². The van der Waals surface area contributed by atoms with Gasteiger partial charge in [-0.3, -0.25) is 4.98 Å². The maximum absolute atomic E-state index is 13.8. The zero-order valence-electron chi connectivity index (χ0n) is 18.5. The lowest BCUT2D eigenvalue weighted by Crippen LogP contribution is -2.53. The lowest BCUT2D eigenvalue weighted by atomic mass is 9.81. The quantitative estimate of drug-likeness (QED) is 0.539. The minimum absolute atomic E-state index is 0.0195. The minimum Gasteiger partial charge on any atom is -0.492 e. The van der Waals surface area contributed by atoms with Gasteiger partial charge in [0.15, 0.2) is 0 Å². The molecule has 0 aliphatic carbocycles. The molecule has 0 spiro atoms. The topological polar surface area (TPSA) is 72.2 Å². The summed E-state index contributed by atoms with van der Waals surface area (Å²) < 4.78 is 61.9. The number of aromatic nitrogens is 3. The maximum Gasteiger partial charge on any atom is 0.418 e. The summed E-state index contributed by atoms with van der Waals surface area (Å²) in [5.74, 6) is -0.452. The maximum atomic E-state index is 13.8. The molecule has 1 fully saturated rings. The summed E-state index contributed by atoms with van der Waals surface area (Å²) in [7, 11) is 0. The predicted octanol–water partition coefficient (Wildman–Crippen LogP) is 4.58. The van der Waals surface area contributed by atoms with E-state index in [0.29, 0.717) is 12.1 Å². The Labute approximate surface area is 188 Å². The van der Waals surface area contributed by atoms with Crippen LogP contribution in [0.4, 0.5) is 17.6 Å². The number of nitrogens with zero attached hydrogens (tertiary/aromatic N) is 3. The number of halogens is 4. The molecule has 10 heteroatoms. The first-order valence-electron chi connectivity index (χ1n) is 10.8. The third kappa shape index (κ3) is 4.81. The van der Waals surface area contributed by atoms with Gasteiger partial charge >= 0.3 is 6.18 Å². The summed E-state index contributed by atoms with van der Waals surface area (Å²) in [6.07, 6.45) is -1.55. The Morgan fingerprint density at radius 1 is 1.24 bits per heavy atom. The summed E-state index contributed by atoms with van der Waals surface area (Å²) in [6.45, 7) is 5.49. The van der Waals surface area contributed by atoms with E-state index in [4.69, 9.17) is 4.74 Å². The van der Waals surface area contributed by atoms with Gasteiger partial charge in [-0.25, -0.2) is 9.37 Å². The Kier molecular flexibility index (Phi) is 6.09. The van der Waals surface area contributed by atoms with E-state index in [2.05, 4.69) is 15.3 Å². The molecular formula is C23H26F4N4O2. The lowest BCUT2D eigenvalue weighted by Gasteiger charge is -2.40. The normalized spacial score (nSPS) is 23.9. The van der Waals surface area contributed by atoms with Crippen LogP contribution in [0.3, 0.4) is 0 Å². The van der Waals surface area contributed by atoms with Crippen molar-refractivity contribution in [1.82, 2.24) is 19.9 Å². The summed E-state index contributed by atoms with van der Waals surface area (Å²) in [6, 6.07) is 4.51. The van der Waals surface area contributed by atoms with E-state index < -0.39 is 23.2 Å². The first-order valence-corrected chi connectivity index (χ1v) is 10.8. The molecule has 1 aliphatic heterocycles. The highest BCUT2D eigenvalue weighted by molar-refractivity contribution is 5.81. The average Bonchev–Trinajstić information content (AvgIpc) is 3.15. The van der Waals surface area contributed by atoms with Crippen LogP contribution in [0.2, 0.25) is 0 Å². The smallest absolute Gasteiger partial charge is 0.418 e. The van der Waals surface area contributed by atoms with E-state index >= 15 is 0 Å². The van der Waals surface area contributed by atoms with E-state index in [9.17, 15) is 22.7 Å². The van der Waals surface area contributed by atoms with Crippen molar-refractivity contribution in [2.24, 2.45) is 0 Å². The van der Waals surface area contributed by atoms with E-state index in [1.807, 2.05) is 6.92 Å². The minimum atomic E-state index is -4.57. The van der Waals surface area contributed by atoms with Gasteiger partial charge in [-0.1, -0.05) is 0 Å². The number of aliphatic hydroxyl groups is 1. The van der Waals surface area contributed by atoms with Crippen LogP contribution in [0.1, 0.15) is 50.9 Å². The summed E-state index contributed by atoms with van der Waals surface area (Å²) in [5, 5.41) is 14.5. The standard InChI is InChI=1S/C23H26F4N4O2/c1-13(2)31-12-29-19-7-17(6-18(21(19)31)23(25,26)27)33-11-16-9-22(32,8-14(3)30-16)20-5-4-15(24)10-28-20/h4-7,10,12-14,16,30,32H,8-9,11H2,1-3H3/t14-,16-,22-/m0/s1. The molecule has 0 bridgehead atoms. The molecule has 0 saturated carbocycles. The molecule has 6 nitrogen and oxygen atoms in total. The van der Waals surface area contributed by atoms with Gasteiger partial charge < -0.3 is 19.7 Å². The Hall–Kier alpha value is -2.72. The van der Waals surface area contributed by atoms with Gasteiger partial charge in [0.2, 0.25) is 0 Å². The van der Waals surface area contributed by atoms with Crippen molar-refractivity contribution in [2.75, 3.05) is 6.61 Å². The van der Waals surface area contributed by atoms with Gasteiger partial charge in [0, 0.05) is 30.6 Å². The highest BCUT2D eigenvalue weighted by Gasteiger charge is 2.40. The molecule has 178 valence electrons. The van der Waals surface area contributed by atoms with E-state index in [0.717, 1.165) is 12.3 Å². The molecule has 4 rings (SSSR count). The second-order valence-electron chi connectivity index (χ2n) is 8.96. The molecule has 2 N–H and O–H groups in total. The van der Waals surface area contributed by atoms with Gasteiger partial charge in [0.25, 0.3) is 0 Å². The van der Waals surface area contributed by atoms with E-state index in [1.54, 1.807) is 13.8 Å². The SMILES string of the molecule is CC(C)n1cnc2cc(OC[C@@H]3C[C@](O)(c4ccc(F)cn4)C[C@H](C)N3)cc(C(F)(F)F)c21. The highest BCUT2D eigenvalue weighted by atomic mass is 19.4. The molecule has 1 saturated heterocycles. The molecule has 33 heavy (non-hydrogen) atoms. The van der Waals surface area contributed by atoms with Crippen LogP contribution in [0.25, 0.3) is 11.0 Å². The number of nitrogens with one attached hydrogen (secondary N) is 1. The third-order valence-corrected chi connectivity index (χ3v) is 5.91. The lowest BCUT2D eigenvalue weighted by molar-refractivity contribution is -0.136. The zero-order chi connectivity index (χ0) is 24.0. The number of piperidine rings is 1. The van der Waals surface area contributed by atoms with Crippen molar-refractivity contribution in [3.8, 4) is 5.75 Å². The Balaban J connectivity index is 1.57. The fraction of sp³-hybridized carbons (Fsp3) is 0.478. The molecule has 3 heterocycles. The fourth-order valence-corrected chi connectivity index (χ4v) is 4.52. The van der Waals surface area contributed by atoms with Gasteiger partial charge in [-0.2, -0.15) is 13.2 Å². The molecule has 0 amide bonds. The molecule has 0 unspecified atom stereocenters. The highest BCUT2D eigenvalue weighted by Crippen LogP contribution is 2.39. The number of hydrogen-bond donors (Lipinski definition) is 2. The molecule has 2 aromatic heterocycles. The fourth-order valence-electron chi connectivity index (χ4n) is 4.52. The van der Waals surface area contributed by atoms with Gasteiger partial charge in [-0.05, 0) is 45.4 Å². The monoisotopic (exact) mass is 466 g/mol. The number of alkyl halides is 3.